The van der Waals surface area contributed by atoms with Gasteiger partial charge in [-0.1, -0.05) is 48.5 Å². The maximum Gasteiger partial charge on any atom is 0.414 e. The van der Waals surface area contributed by atoms with Gasteiger partial charge in [-0.15, -0.1) is 0 Å². The zero-order valence-electron chi connectivity index (χ0n) is 13.0. The van der Waals surface area contributed by atoms with Gasteiger partial charge in [0.2, 0.25) is 0 Å². The van der Waals surface area contributed by atoms with Gasteiger partial charge in [0.15, 0.2) is 0 Å². The monoisotopic (exact) mass is 308 g/mol. The molecule has 0 bridgehead atoms. The number of hydrogen-bond donors (Lipinski definition) is 0. The predicted octanol–water partition coefficient (Wildman–Crippen LogP) is 3.42. The Hall–Kier alpha value is -2.33. The van der Waals surface area contributed by atoms with E-state index in [1.54, 1.807) is 0 Å². The van der Waals surface area contributed by atoms with E-state index >= 15 is 0 Å². The Labute approximate surface area is 136 Å². The van der Waals surface area contributed by atoms with Gasteiger partial charge in [-0.25, -0.2) is 4.79 Å². The lowest BCUT2D eigenvalue weighted by molar-refractivity contribution is 0.177. The minimum atomic E-state index is -0.209. The van der Waals surface area contributed by atoms with Crippen LogP contribution in [-0.4, -0.2) is 30.2 Å². The van der Waals surface area contributed by atoms with Gasteiger partial charge in [0.1, 0.15) is 6.61 Å². The number of rotatable bonds is 2. The number of para-hydroxylation sites is 1. The van der Waals surface area contributed by atoms with Crippen LogP contribution in [0, 0.1) is 0 Å². The van der Waals surface area contributed by atoms with Crippen molar-refractivity contribution in [1.29, 1.82) is 0 Å². The molecular weight excluding hydrogens is 288 g/mol. The second kappa shape index (κ2) is 6.05. The fourth-order valence-corrected chi connectivity index (χ4v) is 3.48. The van der Waals surface area contributed by atoms with Crippen molar-refractivity contribution in [2.45, 2.75) is 25.6 Å². The second-order valence-corrected chi connectivity index (χ2v) is 6.21. The topological polar surface area (TPSA) is 32.8 Å². The molecule has 2 aromatic carbocycles. The number of cyclic esters (lactones) is 1. The second-order valence-electron chi connectivity index (χ2n) is 6.21. The van der Waals surface area contributed by atoms with E-state index in [1.165, 1.54) is 11.1 Å². The maximum absolute atomic E-state index is 12.1. The summed E-state index contributed by atoms with van der Waals surface area (Å²) in [6, 6.07) is 18.9. The van der Waals surface area contributed by atoms with E-state index in [9.17, 15) is 4.79 Å². The van der Waals surface area contributed by atoms with Gasteiger partial charge in [-0.3, -0.25) is 9.80 Å². The van der Waals surface area contributed by atoms with Crippen LogP contribution < -0.4 is 4.90 Å². The van der Waals surface area contributed by atoms with Gasteiger partial charge < -0.3 is 4.74 Å². The largest absolute Gasteiger partial charge is 0.447 e. The van der Waals surface area contributed by atoms with Crippen LogP contribution in [0.3, 0.4) is 0 Å². The van der Waals surface area contributed by atoms with Crippen molar-refractivity contribution in [3.8, 4) is 0 Å². The Morgan fingerprint density at radius 1 is 1.04 bits per heavy atom. The fourth-order valence-electron chi connectivity index (χ4n) is 3.48. The van der Waals surface area contributed by atoms with E-state index < -0.39 is 0 Å². The summed E-state index contributed by atoms with van der Waals surface area (Å²) in [5, 5.41) is 0. The Morgan fingerprint density at radius 3 is 2.70 bits per heavy atom. The van der Waals surface area contributed by atoms with Crippen LogP contribution in [0.15, 0.2) is 54.6 Å². The highest BCUT2D eigenvalue weighted by Crippen LogP contribution is 2.31. The summed E-state index contributed by atoms with van der Waals surface area (Å²) in [5.74, 6) is 0. The number of amides is 1. The van der Waals surface area contributed by atoms with Crippen LogP contribution >= 0.6 is 0 Å². The molecule has 2 aliphatic rings. The van der Waals surface area contributed by atoms with E-state index in [0.29, 0.717) is 6.61 Å². The van der Waals surface area contributed by atoms with Gasteiger partial charge >= 0.3 is 6.09 Å². The number of benzene rings is 2. The van der Waals surface area contributed by atoms with Gasteiger partial charge in [0.05, 0.1) is 11.7 Å². The first-order chi connectivity index (χ1) is 11.3. The van der Waals surface area contributed by atoms with Crippen LogP contribution in [0.2, 0.25) is 0 Å². The first-order valence-corrected chi connectivity index (χ1v) is 8.11. The summed E-state index contributed by atoms with van der Waals surface area (Å²) in [4.78, 5) is 16.4. The molecular formula is C19H20N2O2. The molecule has 1 unspecified atom stereocenters. The highest BCUT2D eigenvalue weighted by atomic mass is 16.6. The van der Waals surface area contributed by atoms with Crippen LogP contribution in [0.25, 0.3) is 0 Å². The molecule has 1 atom stereocenters. The first kappa shape index (κ1) is 14.3. The van der Waals surface area contributed by atoms with E-state index in [1.807, 2.05) is 29.2 Å². The van der Waals surface area contributed by atoms with Crippen molar-refractivity contribution in [1.82, 2.24) is 4.90 Å². The first-order valence-electron chi connectivity index (χ1n) is 8.11. The standard InChI is InChI=1S/C19H20N2O2/c22-19-21-17(14-23-19)10-11-20(12-15-6-2-1-3-7-15)13-16-8-4-5-9-18(16)21/h1-9,17H,10-14H2. The van der Waals surface area contributed by atoms with Crippen molar-refractivity contribution >= 4 is 11.8 Å². The van der Waals surface area contributed by atoms with E-state index in [-0.39, 0.29) is 12.1 Å². The Bertz CT molecular complexity index is 702. The molecule has 2 heterocycles. The number of carbonyl (C=O) groups excluding carboxylic acids is 1. The van der Waals surface area contributed by atoms with Crippen molar-refractivity contribution in [2.24, 2.45) is 0 Å². The highest BCUT2D eigenvalue weighted by Gasteiger charge is 2.36. The van der Waals surface area contributed by atoms with Gasteiger partial charge in [-0.05, 0) is 23.6 Å². The molecule has 2 aromatic rings. The lowest BCUT2D eigenvalue weighted by Gasteiger charge is -2.32. The molecule has 0 spiro atoms. The molecule has 0 aromatic heterocycles. The van der Waals surface area contributed by atoms with E-state index in [4.69, 9.17) is 4.74 Å². The third-order valence-electron chi connectivity index (χ3n) is 4.63. The molecule has 1 saturated heterocycles. The summed E-state index contributed by atoms with van der Waals surface area (Å²) >= 11 is 0. The third-order valence-corrected chi connectivity index (χ3v) is 4.63. The van der Waals surface area contributed by atoms with Crippen molar-refractivity contribution < 1.29 is 9.53 Å². The molecule has 4 nitrogen and oxygen atoms in total. The molecule has 4 heteroatoms. The normalized spacial score (nSPS) is 21.1. The van der Waals surface area contributed by atoms with Crippen LogP contribution in [0.4, 0.5) is 10.5 Å². The smallest absolute Gasteiger partial charge is 0.414 e. The van der Waals surface area contributed by atoms with Gasteiger partial charge in [0.25, 0.3) is 0 Å². The summed E-state index contributed by atoms with van der Waals surface area (Å²) in [5.41, 5.74) is 3.51. The van der Waals surface area contributed by atoms with E-state index in [0.717, 1.165) is 31.7 Å². The molecule has 0 saturated carbocycles. The van der Waals surface area contributed by atoms with Gasteiger partial charge in [0, 0.05) is 19.6 Å². The zero-order chi connectivity index (χ0) is 15.6. The molecule has 1 fully saturated rings. The molecule has 0 N–H and O–H groups in total. The zero-order valence-corrected chi connectivity index (χ0v) is 13.0. The van der Waals surface area contributed by atoms with Gasteiger partial charge in [-0.2, -0.15) is 0 Å². The number of hydrogen-bond acceptors (Lipinski definition) is 3. The molecule has 4 rings (SSSR count). The molecule has 23 heavy (non-hydrogen) atoms. The average Bonchev–Trinajstić information content (AvgIpc) is 2.92. The van der Waals surface area contributed by atoms with E-state index in [2.05, 4.69) is 35.2 Å². The minimum absolute atomic E-state index is 0.141. The lowest BCUT2D eigenvalue weighted by atomic mass is 10.0. The quantitative estimate of drug-likeness (QED) is 0.852. The van der Waals surface area contributed by atoms with Crippen LogP contribution in [0.5, 0.6) is 0 Å². The number of anilines is 1. The molecule has 118 valence electrons. The Balaban J connectivity index is 1.64. The number of nitrogens with zero attached hydrogens (tertiary/aromatic N) is 2. The van der Waals surface area contributed by atoms with Crippen LogP contribution in [-0.2, 0) is 17.8 Å². The number of fused-ring (bicyclic) bond motifs is 3. The van der Waals surface area contributed by atoms with Crippen molar-refractivity contribution in [3.05, 3.63) is 65.7 Å². The number of carbonyl (C=O) groups is 1. The molecule has 0 aliphatic carbocycles. The Kier molecular flexibility index (Phi) is 3.75. The minimum Gasteiger partial charge on any atom is -0.447 e. The third kappa shape index (κ3) is 2.82. The summed E-state index contributed by atoms with van der Waals surface area (Å²) in [6.45, 7) is 3.23. The molecule has 0 radical (unpaired) electrons. The lowest BCUT2D eigenvalue weighted by Crippen LogP contribution is -2.40. The SMILES string of the molecule is O=C1OCC2CCN(Cc3ccccc3)Cc3ccccc3N12. The predicted molar refractivity (Wildman–Crippen MR) is 89.2 cm³/mol. The fraction of sp³-hybridized carbons (Fsp3) is 0.316. The maximum atomic E-state index is 12.1. The average molecular weight is 308 g/mol. The van der Waals surface area contributed by atoms with Crippen molar-refractivity contribution in [3.63, 3.8) is 0 Å². The molecule has 1 amide bonds. The Morgan fingerprint density at radius 2 is 1.83 bits per heavy atom. The number of ether oxygens (including phenoxy) is 1. The highest BCUT2D eigenvalue weighted by molar-refractivity contribution is 5.91. The summed E-state index contributed by atoms with van der Waals surface area (Å²) in [7, 11) is 0. The summed E-state index contributed by atoms with van der Waals surface area (Å²) in [6.07, 6.45) is 0.728. The summed E-state index contributed by atoms with van der Waals surface area (Å²) < 4.78 is 5.29. The molecule has 2 aliphatic heterocycles. The van der Waals surface area contributed by atoms with Crippen LogP contribution in [0.1, 0.15) is 17.5 Å². The van der Waals surface area contributed by atoms with Crippen molar-refractivity contribution in [2.75, 3.05) is 18.1 Å².